The van der Waals surface area contributed by atoms with E-state index in [4.69, 9.17) is 15.4 Å². The zero-order chi connectivity index (χ0) is 28.1. The fourth-order valence-electron chi connectivity index (χ4n) is 4.88. The van der Waals surface area contributed by atoms with Crippen LogP contribution >= 0.6 is 0 Å². The van der Waals surface area contributed by atoms with E-state index in [1.54, 1.807) is 24.4 Å². The normalized spacial score (nSPS) is 14.3. The lowest BCUT2D eigenvalue weighted by Gasteiger charge is -2.22. The molecule has 0 saturated heterocycles. The Kier molecular flexibility index (Phi) is 8.64. The number of nitriles is 1. The largest absolute Gasteiger partial charge is 0.481 e. The van der Waals surface area contributed by atoms with Gasteiger partial charge >= 0.3 is 5.97 Å². The topological polar surface area (TPSA) is 152 Å². The average Bonchev–Trinajstić information content (AvgIpc) is 3.05. The molecule has 0 saturated carbocycles. The van der Waals surface area contributed by atoms with Crippen molar-refractivity contribution in [1.82, 2.24) is 15.0 Å². The Morgan fingerprint density at radius 2 is 1.95 bits per heavy atom. The Hall–Kier alpha value is -4.20. The minimum Gasteiger partial charge on any atom is -0.481 e. The summed E-state index contributed by atoms with van der Waals surface area (Å²) in [7, 11) is 0. The number of nitrogens with zero attached hydrogens (tertiary/aromatic N) is 4. The highest BCUT2D eigenvalue weighted by atomic mass is 19.1. The van der Waals surface area contributed by atoms with Gasteiger partial charge in [-0.1, -0.05) is 38.1 Å². The van der Waals surface area contributed by atoms with Crippen molar-refractivity contribution in [3.8, 4) is 28.6 Å². The van der Waals surface area contributed by atoms with E-state index in [-0.39, 0.29) is 24.1 Å². The minimum absolute atomic E-state index is 0.0314. The second-order valence-electron chi connectivity index (χ2n) is 9.83. The van der Waals surface area contributed by atoms with Crippen LogP contribution in [0.15, 0.2) is 36.5 Å². The minimum atomic E-state index is -1.19. The molecule has 9 nitrogen and oxygen atoms in total. The number of anilines is 1. The maximum Gasteiger partial charge on any atom is 0.305 e. The number of aliphatic hydroxyl groups is 2. The molecule has 0 aliphatic heterocycles. The molecular weight excluding hydrogens is 501 g/mol. The van der Waals surface area contributed by atoms with E-state index < -0.39 is 24.6 Å². The van der Waals surface area contributed by atoms with E-state index in [9.17, 15) is 19.4 Å². The van der Waals surface area contributed by atoms with Crippen LogP contribution in [0.3, 0.4) is 0 Å². The number of pyridine rings is 1. The SMILES string of the molecule is CC(C)c1nc2c(c(-c3ccc(F)cc3)c1/C=C/[C@@H](O)C[C@@H](O)CC(=O)O)CCCc1nc(NC#N)ncc1-2. The molecule has 4 N–H and O–H groups in total. The Balaban J connectivity index is 1.91. The van der Waals surface area contributed by atoms with Crippen LogP contribution in [-0.2, 0) is 17.6 Å². The van der Waals surface area contributed by atoms with Crippen LogP contribution in [0.1, 0.15) is 61.5 Å². The predicted octanol–water partition coefficient (Wildman–Crippen LogP) is 4.45. The monoisotopic (exact) mass is 531 g/mol. The van der Waals surface area contributed by atoms with Crippen LogP contribution in [0.4, 0.5) is 10.3 Å². The third-order valence-electron chi connectivity index (χ3n) is 6.58. The molecule has 202 valence electrons. The quantitative estimate of drug-likeness (QED) is 0.232. The Morgan fingerprint density at radius 3 is 2.62 bits per heavy atom. The number of benzene rings is 1. The van der Waals surface area contributed by atoms with Gasteiger partial charge in [-0.05, 0) is 54.0 Å². The smallest absolute Gasteiger partial charge is 0.305 e. The second kappa shape index (κ2) is 12.1. The van der Waals surface area contributed by atoms with Gasteiger partial charge in [0, 0.05) is 23.7 Å². The van der Waals surface area contributed by atoms with Crippen molar-refractivity contribution in [3.05, 3.63) is 64.9 Å². The third kappa shape index (κ3) is 6.45. The molecule has 2 atom stereocenters. The van der Waals surface area contributed by atoms with E-state index in [2.05, 4.69) is 15.3 Å². The molecule has 0 bridgehead atoms. The zero-order valence-corrected chi connectivity index (χ0v) is 21.7. The third-order valence-corrected chi connectivity index (χ3v) is 6.58. The summed E-state index contributed by atoms with van der Waals surface area (Å²) in [6.45, 7) is 4.00. The molecule has 0 radical (unpaired) electrons. The Bertz CT molecular complexity index is 1430. The van der Waals surface area contributed by atoms with Gasteiger partial charge in [-0.3, -0.25) is 15.1 Å². The summed E-state index contributed by atoms with van der Waals surface area (Å²) < 4.78 is 13.9. The summed E-state index contributed by atoms with van der Waals surface area (Å²) in [6, 6.07) is 6.22. The molecule has 1 aliphatic rings. The van der Waals surface area contributed by atoms with Crippen molar-refractivity contribution in [3.63, 3.8) is 0 Å². The first-order chi connectivity index (χ1) is 18.7. The molecule has 0 unspecified atom stereocenters. The number of aryl methyl sites for hydroxylation is 1. The van der Waals surface area contributed by atoms with Crippen LogP contribution in [0.25, 0.3) is 28.5 Å². The second-order valence-corrected chi connectivity index (χ2v) is 9.83. The fraction of sp³-hybridized carbons (Fsp3) is 0.345. The molecule has 0 fully saturated rings. The van der Waals surface area contributed by atoms with Gasteiger partial charge in [-0.25, -0.2) is 14.4 Å². The molecule has 0 amide bonds. The highest BCUT2D eigenvalue weighted by Gasteiger charge is 2.26. The fourth-order valence-corrected chi connectivity index (χ4v) is 4.88. The van der Waals surface area contributed by atoms with Crippen molar-refractivity contribution in [2.24, 2.45) is 0 Å². The maximum absolute atomic E-state index is 13.9. The number of carboxylic acid groups (broad SMARTS) is 1. The van der Waals surface area contributed by atoms with Crippen LogP contribution in [0.5, 0.6) is 0 Å². The molecule has 3 aromatic rings. The number of rotatable bonds is 9. The first kappa shape index (κ1) is 27.8. The number of aliphatic carboxylic acids is 1. The zero-order valence-electron chi connectivity index (χ0n) is 21.7. The average molecular weight is 532 g/mol. The van der Waals surface area contributed by atoms with Gasteiger partial charge in [0.05, 0.1) is 35.7 Å². The number of fused-ring (bicyclic) bond motifs is 3. The van der Waals surface area contributed by atoms with Crippen molar-refractivity contribution in [2.45, 2.75) is 64.1 Å². The number of hydrogen-bond acceptors (Lipinski definition) is 8. The highest BCUT2D eigenvalue weighted by molar-refractivity contribution is 5.85. The summed E-state index contributed by atoms with van der Waals surface area (Å²) in [5, 5.41) is 40.9. The molecule has 2 heterocycles. The molecule has 10 heteroatoms. The standard InChI is InChI=1S/C29H30FN5O4/c1-16(2)27-22(11-10-19(36)12-20(37)13-25(38)39)26(17-6-8-18(30)9-7-17)21-4-3-5-24-23(28(21)35-27)14-32-29(34-24)33-15-31/h6-11,14,16,19-20,36-37H,3-5,12-13H2,1-2H3,(H,38,39)(H,32,33,34)/b11-10+/t19-,20-/m1/s1. The van der Waals surface area contributed by atoms with Gasteiger partial charge in [0.25, 0.3) is 0 Å². The van der Waals surface area contributed by atoms with E-state index >= 15 is 0 Å². The van der Waals surface area contributed by atoms with E-state index in [0.29, 0.717) is 12.8 Å². The van der Waals surface area contributed by atoms with Crippen LogP contribution < -0.4 is 5.32 Å². The molecular formula is C29H30FN5O4. The number of halogens is 1. The molecule has 1 aromatic carbocycles. The number of aromatic nitrogens is 3. The Labute approximate surface area is 225 Å². The Morgan fingerprint density at radius 1 is 1.21 bits per heavy atom. The first-order valence-electron chi connectivity index (χ1n) is 12.8. The van der Waals surface area contributed by atoms with Crippen molar-refractivity contribution in [2.75, 3.05) is 5.32 Å². The van der Waals surface area contributed by atoms with Crippen molar-refractivity contribution >= 4 is 18.0 Å². The van der Waals surface area contributed by atoms with E-state index in [1.807, 2.05) is 20.0 Å². The summed E-state index contributed by atoms with van der Waals surface area (Å²) in [4.78, 5) is 24.8. The van der Waals surface area contributed by atoms with Gasteiger partial charge in [-0.15, -0.1) is 0 Å². The van der Waals surface area contributed by atoms with Crippen LogP contribution in [0.2, 0.25) is 0 Å². The van der Waals surface area contributed by atoms with Crippen LogP contribution in [0, 0.1) is 17.3 Å². The number of hydrogen-bond donors (Lipinski definition) is 4. The van der Waals surface area contributed by atoms with Crippen molar-refractivity contribution in [1.29, 1.82) is 5.26 Å². The maximum atomic E-state index is 13.9. The summed E-state index contributed by atoms with van der Waals surface area (Å²) in [6.07, 6.45) is 5.99. The number of carboxylic acids is 1. The number of carbonyl (C=O) groups is 1. The van der Waals surface area contributed by atoms with Gasteiger partial charge in [-0.2, -0.15) is 5.26 Å². The predicted molar refractivity (Wildman–Crippen MR) is 144 cm³/mol. The van der Waals surface area contributed by atoms with Crippen molar-refractivity contribution < 1.29 is 24.5 Å². The van der Waals surface area contributed by atoms with E-state index in [1.165, 1.54) is 18.2 Å². The van der Waals surface area contributed by atoms with Gasteiger partial charge in [0.1, 0.15) is 5.82 Å². The summed E-state index contributed by atoms with van der Waals surface area (Å²) in [5.41, 5.74) is 6.35. The lowest BCUT2D eigenvalue weighted by molar-refractivity contribution is -0.139. The molecule has 4 rings (SSSR count). The van der Waals surface area contributed by atoms with Gasteiger partial charge < -0.3 is 15.3 Å². The highest BCUT2D eigenvalue weighted by Crippen LogP contribution is 2.41. The summed E-state index contributed by atoms with van der Waals surface area (Å²) >= 11 is 0. The molecule has 1 aliphatic carbocycles. The van der Waals surface area contributed by atoms with Gasteiger partial charge in [0.2, 0.25) is 5.95 Å². The lowest BCUT2D eigenvalue weighted by atomic mass is 9.87. The molecule has 2 aromatic heterocycles. The van der Waals surface area contributed by atoms with Crippen LogP contribution in [-0.4, -0.2) is 48.4 Å². The van der Waals surface area contributed by atoms with Gasteiger partial charge in [0.15, 0.2) is 6.19 Å². The molecule has 39 heavy (non-hydrogen) atoms. The van der Waals surface area contributed by atoms with E-state index in [0.717, 1.165) is 51.3 Å². The number of nitrogens with one attached hydrogen (secondary N) is 1. The number of aliphatic hydroxyl groups excluding tert-OH is 2. The first-order valence-corrected chi connectivity index (χ1v) is 12.8. The summed E-state index contributed by atoms with van der Waals surface area (Å²) in [5.74, 6) is -1.31. The lowest BCUT2D eigenvalue weighted by Crippen LogP contribution is -2.19. The molecule has 0 spiro atoms.